The minimum Gasteiger partial charge on any atom is -0.325 e. The molecule has 1 aliphatic heterocycles. The van der Waals surface area contributed by atoms with E-state index in [9.17, 15) is 4.39 Å². The normalized spacial score (nSPS) is 19.5. The fourth-order valence-electron chi connectivity index (χ4n) is 3.39. The number of benzene rings is 1. The van der Waals surface area contributed by atoms with Crippen molar-refractivity contribution in [3.8, 4) is 0 Å². The Kier molecular flexibility index (Phi) is 4.24. The third-order valence-corrected chi connectivity index (χ3v) is 4.44. The van der Waals surface area contributed by atoms with Gasteiger partial charge in [0.1, 0.15) is 11.3 Å². The number of rotatable bonds is 4. The Labute approximate surface area is 125 Å². The molecule has 0 bridgehead atoms. The third kappa shape index (κ3) is 2.95. The average Bonchev–Trinajstić information content (AvgIpc) is 2.86. The van der Waals surface area contributed by atoms with E-state index in [1.165, 1.54) is 18.9 Å². The number of piperidine rings is 1. The van der Waals surface area contributed by atoms with Gasteiger partial charge in [-0.2, -0.15) is 0 Å². The lowest BCUT2D eigenvalue weighted by Crippen LogP contribution is -2.30. The van der Waals surface area contributed by atoms with Crippen molar-refractivity contribution in [1.29, 1.82) is 0 Å². The number of nitrogens with one attached hydrogen (secondary N) is 1. The first kappa shape index (κ1) is 14.5. The molecular weight excluding hydrogens is 265 g/mol. The maximum Gasteiger partial charge on any atom is 0.151 e. The Morgan fingerprint density at radius 3 is 3.00 bits per heavy atom. The summed E-state index contributed by atoms with van der Waals surface area (Å²) in [7, 11) is 0. The molecular formula is C17H24FN3. The molecule has 2 heterocycles. The first-order valence-corrected chi connectivity index (χ1v) is 8.03. The Balaban J connectivity index is 1.86. The minimum absolute atomic E-state index is 0.215. The first-order chi connectivity index (χ1) is 10.2. The summed E-state index contributed by atoms with van der Waals surface area (Å²) in [6.07, 6.45) is 4.62. The number of fused-ring (bicyclic) bond motifs is 1. The van der Waals surface area contributed by atoms with Crippen LogP contribution in [0.25, 0.3) is 11.0 Å². The van der Waals surface area contributed by atoms with Crippen LogP contribution in [0.4, 0.5) is 4.39 Å². The van der Waals surface area contributed by atoms with Crippen LogP contribution in [0.2, 0.25) is 0 Å². The lowest BCUT2D eigenvalue weighted by atomic mass is 9.94. The van der Waals surface area contributed by atoms with Gasteiger partial charge in [-0.3, -0.25) is 0 Å². The second-order valence-electron chi connectivity index (χ2n) is 6.35. The van der Waals surface area contributed by atoms with Crippen LogP contribution in [0.1, 0.15) is 45.0 Å². The number of nitrogens with zero attached hydrogens (tertiary/aromatic N) is 2. The summed E-state index contributed by atoms with van der Waals surface area (Å²) in [5.74, 6) is 1.53. The highest BCUT2D eigenvalue weighted by Gasteiger charge is 2.18. The Morgan fingerprint density at radius 2 is 2.29 bits per heavy atom. The van der Waals surface area contributed by atoms with E-state index < -0.39 is 0 Å². The molecule has 1 unspecified atom stereocenters. The molecule has 1 aliphatic rings. The molecule has 114 valence electrons. The number of aromatic nitrogens is 2. The zero-order valence-electron chi connectivity index (χ0n) is 12.9. The quantitative estimate of drug-likeness (QED) is 0.930. The van der Waals surface area contributed by atoms with Gasteiger partial charge in [-0.15, -0.1) is 0 Å². The monoisotopic (exact) mass is 289 g/mol. The molecule has 2 aromatic rings. The van der Waals surface area contributed by atoms with Crippen LogP contribution < -0.4 is 5.32 Å². The second kappa shape index (κ2) is 6.14. The first-order valence-electron chi connectivity index (χ1n) is 8.03. The van der Waals surface area contributed by atoms with Crippen LogP contribution in [0.15, 0.2) is 18.2 Å². The number of hydrogen-bond donors (Lipinski definition) is 1. The molecule has 1 aromatic carbocycles. The molecule has 0 saturated carbocycles. The lowest BCUT2D eigenvalue weighted by Gasteiger charge is -2.22. The van der Waals surface area contributed by atoms with Crippen molar-refractivity contribution in [2.45, 2.75) is 45.6 Å². The SMILES string of the molecule is CC(C)n1c(CCC2CCCNC2)nc2c(F)cccc21. The largest absolute Gasteiger partial charge is 0.325 e. The summed E-state index contributed by atoms with van der Waals surface area (Å²) in [6, 6.07) is 5.54. The summed E-state index contributed by atoms with van der Waals surface area (Å²) < 4.78 is 16.1. The van der Waals surface area contributed by atoms with Crippen molar-refractivity contribution in [2.24, 2.45) is 5.92 Å². The minimum atomic E-state index is -0.215. The summed E-state index contributed by atoms with van der Waals surface area (Å²) in [5, 5.41) is 3.46. The van der Waals surface area contributed by atoms with Gasteiger partial charge in [-0.1, -0.05) is 6.07 Å². The maximum atomic E-state index is 14.0. The molecule has 0 radical (unpaired) electrons. The summed E-state index contributed by atoms with van der Waals surface area (Å²) in [5.41, 5.74) is 1.43. The third-order valence-electron chi connectivity index (χ3n) is 4.44. The summed E-state index contributed by atoms with van der Waals surface area (Å²) in [6.45, 7) is 6.53. The van der Waals surface area contributed by atoms with E-state index in [-0.39, 0.29) is 5.82 Å². The standard InChI is InChI=1S/C17H24FN3/c1-12(2)21-15-7-3-6-14(18)17(15)20-16(21)9-8-13-5-4-10-19-11-13/h3,6-7,12-13,19H,4-5,8-11H2,1-2H3. The predicted molar refractivity (Wildman–Crippen MR) is 84.0 cm³/mol. The van der Waals surface area contributed by atoms with E-state index in [0.29, 0.717) is 11.6 Å². The number of halogens is 1. The van der Waals surface area contributed by atoms with Gasteiger partial charge in [-0.25, -0.2) is 9.37 Å². The second-order valence-corrected chi connectivity index (χ2v) is 6.35. The van der Waals surface area contributed by atoms with Crippen LogP contribution in [0, 0.1) is 11.7 Å². The Morgan fingerprint density at radius 1 is 1.43 bits per heavy atom. The molecule has 1 fully saturated rings. The van der Waals surface area contributed by atoms with Crippen LogP contribution in [-0.2, 0) is 6.42 Å². The van der Waals surface area contributed by atoms with Gasteiger partial charge in [0.25, 0.3) is 0 Å². The Bertz CT molecular complexity index is 612. The van der Waals surface area contributed by atoms with Crippen molar-refractivity contribution in [3.63, 3.8) is 0 Å². The zero-order chi connectivity index (χ0) is 14.8. The van der Waals surface area contributed by atoms with E-state index in [0.717, 1.165) is 43.2 Å². The van der Waals surface area contributed by atoms with Crippen molar-refractivity contribution < 1.29 is 4.39 Å². The fraction of sp³-hybridized carbons (Fsp3) is 0.588. The van der Waals surface area contributed by atoms with Crippen molar-refractivity contribution in [1.82, 2.24) is 14.9 Å². The molecule has 1 saturated heterocycles. The lowest BCUT2D eigenvalue weighted by molar-refractivity contribution is 0.354. The van der Waals surface area contributed by atoms with E-state index >= 15 is 0 Å². The molecule has 1 N–H and O–H groups in total. The maximum absolute atomic E-state index is 14.0. The average molecular weight is 289 g/mol. The highest BCUT2D eigenvalue weighted by molar-refractivity contribution is 5.76. The van der Waals surface area contributed by atoms with Crippen LogP contribution >= 0.6 is 0 Å². The van der Waals surface area contributed by atoms with Gasteiger partial charge < -0.3 is 9.88 Å². The van der Waals surface area contributed by atoms with Gasteiger partial charge >= 0.3 is 0 Å². The molecule has 21 heavy (non-hydrogen) atoms. The van der Waals surface area contributed by atoms with Gasteiger partial charge in [0.15, 0.2) is 5.82 Å². The zero-order valence-corrected chi connectivity index (χ0v) is 12.9. The molecule has 1 aromatic heterocycles. The number of para-hydroxylation sites is 1. The van der Waals surface area contributed by atoms with Gasteiger partial charge in [0, 0.05) is 12.5 Å². The molecule has 0 aliphatic carbocycles. The molecule has 1 atom stereocenters. The number of aryl methyl sites for hydroxylation is 1. The molecule has 0 spiro atoms. The van der Waals surface area contributed by atoms with E-state index in [1.807, 2.05) is 6.07 Å². The molecule has 0 amide bonds. The molecule has 3 nitrogen and oxygen atoms in total. The van der Waals surface area contributed by atoms with E-state index in [4.69, 9.17) is 0 Å². The Hall–Kier alpha value is -1.42. The van der Waals surface area contributed by atoms with Crippen LogP contribution in [0.3, 0.4) is 0 Å². The summed E-state index contributed by atoms with van der Waals surface area (Å²) >= 11 is 0. The topological polar surface area (TPSA) is 29.9 Å². The van der Waals surface area contributed by atoms with E-state index in [1.54, 1.807) is 6.07 Å². The van der Waals surface area contributed by atoms with Crippen molar-refractivity contribution in [2.75, 3.05) is 13.1 Å². The van der Waals surface area contributed by atoms with Crippen molar-refractivity contribution in [3.05, 3.63) is 29.8 Å². The predicted octanol–water partition coefficient (Wildman–Crippen LogP) is 3.69. The molecule has 4 heteroatoms. The van der Waals surface area contributed by atoms with Gasteiger partial charge in [-0.05, 0) is 64.3 Å². The van der Waals surface area contributed by atoms with E-state index in [2.05, 4.69) is 28.7 Å². The van der Waals surface area contributed by atoms with Crippen LogP contribution in [0.5, 0.6) is 0 Å². The van der Waals surface area contributed by atoms with Crippen LogP contribution in [-0.4, -0.2) is 22.6 Å². The van der Waals surface area contributed by atoms with Crippen molar-refractivity contribution >= 4 is 11.0 Å². The number of imidazole rings is 1. The van der Waals surface area contributed by atoms with Gasteiger partial charge in [0.2, 0.25) is 0 Å². The fourth-order valence-corrected chi connectivity index (χ4v) is 3.39. The summed E-state index contributed by atoms with van der Waals surface area (Å²) in [4.78, 5) is 4.59. The highest BCUT2D eigenvalue weighted by atomic mass is 19.1. The molecule has 3 rings (SSSR count). The number of hydrogen-bond acceptors (Lipinski definition) is 2. The highest BCUT2D eigenvalue weighted by Crippen LogP contribution is 2.25. The smallest absolute Gasteiger partial charge is 0.151 e. The van der Waals surface area contributed by atoms with Gasteiger partial charge in [0.05, 0.1) is 5.52 Å².